The van der Waals surface area contributed by atoms with Crippen LogP contribution in [-0.4, -0.2) is 40.2 Å². The molecule has 4 aromatic rings. The van der Waals surface area contributed by atoms with Gasteiger partial charge in [-0.15, -0.1) is 0 Å². The van der Waals surface area contributed by atoms with Crippen molar-refractivity contribution < 1.29 is 14.4 Å². The molecule has 0 bridgehead atoms. The van der Waals surface area contributed by atoms with E-state index in [0.29, 0.717) is 5.92 Å². The number of benzene rings is 4. The fourth-order valence-electron chi connectivity index (χ4n) is 8.51. The third kappa shape index (κ3) is 2.25. The van der Waals surface area contributed by atoms with E-state index in [9.17, 15) is 5.11 Å². The standard InChI is InChI=1S/C34H33N2O2/c1-19(2)25-17-28-29(23-13-9-8-12-22(23)25)31-27-16-26-21-11-7-6-10-20(21)14-15-24(26)30(27)35-18-36(31)33(4)32(28,3)34(33,37)38-5/h6-15,17-19,27,30,37H,16H2,1-5H3/q+1. The largest absolute Gasteiger partial charge is 0.361 e. The second-order valence-corrected chi connectivity index (χ2v) is 12.3. The highest BCUT2D eigenvalue weighted by Crippen LogP contribution is 2.71. The first-order valence-corrected chi connectivity index (χ1v) is 13.8. The van der Waals surface area contributed by atoms with Crippen molar-refractivity contribution in [3.63, 3.8) is 0 Å². The Morgan fingerprint density at radius 2 is 1.68 bits per heavy atom. The monoisotopic (exact) mass is 501 g/mol. The molecule has 4 aromatic carbocycles. The van der Waals surface area contributed by atoms with Crippen molar-refractivity contribution in [1.29, 1.82) is 0 Å². The molecule has 5 unspecified atom stereocenters. The first-order chi connectivity index (χ1) is 18.3. The van der Waals surface area contributed by atoms with E-state index in [1.54, 1.807) is 7.11 Å². The number of hydrogen-bond acceptors (Lipinski definition) is 3. The second-order valence-electron chi connectivity index (χ2n) is 12.3. The number of ether oxygens (including phenoxy) is 1. The van der Waals surface area contributed by atoms with Gasteiger partial charge in [-0.05, 0) is 64.4 Å². The first-order valence-electron chi connectivity index (χ1n) is 13.8. The highest BCUT2D eigenvalue weighted by molar-refractivity contribution is 6.15. The molecule has 0 aromatic heterocycles. The minimum absolute atomic E-state index is 0.0691. The summed E-state index contributed by atoms with van der Waals surface area (Å²) in [6, 6.07) is 24.5. The summed E-state index contributed by atoms with van der Waals surface area (Å²) in [6.45, 7) is 8.83. The molecule has 1 N–H and O–H groups in total. The van der Waals surface area contributed by atoms with E-state index in [2.05, 4.69) is 99.0 Å². The molecule has 2 heterocycles. The molecule has 38 heavy (non-hydrogen) atoms. The Balaban J connectivity index is 1.46. The van der Waals surface area contributed by atoms with Crippen molar-refractivity contribution in [1.82, 2.24) is 0 Å². The van der Waals surface area contributed by atoms with E-state index in [1.165, 1.54) is 55.1 Å². The number of methoxy groups -OCH3 is 1. The summed E-state index contributed by atoms with van der Waals surface area (Å²) < 4.78 is 8.28. The molecule has 2 aliphatic heterocycles. The van der Waals surface area contributed by atoms with Gasteiger partial charge in [0, 0.05) is 18.2 Å². The first kappa shape index (κ1) is 22.6. The molecule has 8 rings (SSSR count). The van der Waals surface area contributed by atoms with E-state index < -0.39 is 16.7 Å². The Morgan fingerprint density at radius 3 is 2.42 bits per heavy atom. The predicted molar refractivity (Wildman–Crippen MR) is 152 cm³/mol. The highest BCUT2D eigenvalue weighted by Gasteiger charge is 2.91. The summed E-state index contributed by atoms with van der Waals surface area (Å²) in [5.41, 5.74) is 6.55. The number of aliphatic hydroxyl groups is 1. The van der Waals surface area contributed by atoms with Gasteiger partial charge in [-0.2, -0.15) is 0 Å². The van der Waals surface area contributed by atoms with Crippen LogP contribution in [0, 0.1) is 5.92 Å². The minimum atomic E-state index is -1.33. The van der Waals surface area contributed by atoms with Crippen molar-refractivity contribution in [3.05, 3.63) is 94.5 Å². The number of rotatable bonds is 2. The average Bonchev–Trinajstić information content (AvgIpc) is 3.18. The third-order valence-electron chi connectivity index (χ3n) is 10.7. The molecule has 4 nitrogen and oxygen atoms in total. The Bertz CT molecular complexity index is 1780. The summed E-state index contributed by atoms with van der Waals surface area (Å²) in [5, 5.41) is 17.3. The van der Waals surface area contributed by atoms with Crippen molar-refractivity contribution in [2.45, 2.75) is 62.8 Å². The lowest BCUT2D eigenvalue weighted by molar-refractivity contribution is -0.491. The number of fused-ring (bicyclic) bond motifs is 13. The van der Waals surface area contributed by atoms with Gasteiger partial charge in [0.1, 0.15) is 11.1 Å². The average molecular weight is 502 g/mol. The van der Waals surface area contributed by atoms with Crippen LogP contribution >= 0.6 is 0 Å². The Morgan fingerprint density at radius 1 is 0.974 bits per heavy atom. The smallest absolute Gasteiger partial charge is 0.281 e. The van der Waals surface area contributed by atoms with Crippen LogP contribution in [-0.2, 0) is 16.6 Å². The van der Waals surface area contributed by atoms with Gasteiger partial charge < -0.3 is 9.84 Å². The zero-order chi connectivity index (χ0) is 26.2. The number of aliphatic imine (C=N–C) groups is 1. The third-order valence-corrected chi connectivity index (χ3v) is 10.7. The summed E-state index contributed by atoms with van der Waals surface area (Å²) in [5.74, 6) is -0.777. The maximum atomic E-state index is 12.1. The molecule has 0 amide bonds. The summed E-state index contributed by atoms with van der Waals surface area (Å²) in [6.07, 6.45) is 2.94. The Labute approximate surface area is 223 Å². The van der Waals surface area contributed by atoms with Crippen LogP contribution in [0.1, 0.15) is 67.5 Å². The minimum Gasteiger partial charge on any atom is -0.361 e. The maximum Gasteiger partial charge on any atom is 0.281 e. The molecule has 2 aliphatic carbocycles. The van der Waals surface area contributed by atoms with E-state index in [-0.39, 0.29) is 12.0 Å². The molecule has 5 atom stereocenters. The molecule has 4 aliphatic rings. The lowest BCUT2D eigenvalue weighted by Gasteiger charge is -2.33. The molecule has 0 spiro atoms. The number of hydrogen-bond donors (Lipinski definition) is 1. The van der Waals surface area contributed by atoms with Crippen molar-refractivity contribution in [3.8, 4) is 0 Å². The quantitative estimate of drug-likeness (QED) is 0.261. The van der Waals surface area contributed by atoms with Crippen LogP contribution in [0.15, 0.2) is 71.7 Å². The van der Waals surface area contributed by atoms with Crippen LogP contribution in [0.5, 0.6) is 0 Å². The summed E-state index contributed by atoms with van der Waals surface area (Å²) in [4.78, 5) is 5.19. The molecular weight excluding hydrogens is 468 g/mol. The van der Waals surface area contributed by atoms with Crippen molar-refractivity contribution in [2.24, 2.45) is 10.9 Å². The molecule has 1 saturated carbocycles. The highest BCUT2D eigenvalue weighted by atomic mass is 16.6. The van der Waals surface area contributed by atoms with Gasteiger partial charge in [0.25, 0.3) is 6.34 Å². The van der Waals surface area contributed by atoms with Gasteiger partial charge in [-0.3, -0.25) is 0 Å². The van der Waals surface area contributed by atoms with E-state index in [0.717, 1.165) is 6.42 Å². The molecule has 0 saturated heterocycles. The van der Waals surface area contributed by atoms with Gasteiger partial charge in [0.2, 0.25) is 5.79 Å². The van der Waals surface area contributed by atoms with Gasteiger partial charge in [-0.25, -0.2) is 4.58 Å². The Kier molecular flexibility index (Phi) is 4.16. The lowest BCUT2D eigenvalue weighted by atomic mass is 9.74. The van der Waals surface area contributed by atoms with Crippen LogP contribution in [0.3, 0.4) is 0 Å². The van der Waals surface area contributed by atoms with Crippen LogP contribution in [0.2, 0.25) is 0 Å². The maximum absolute atomic E-state index is 12.1. The van der Waals surface area contributed by atoms with Crippen LogP contribution in [0.25, 0.3) is 21.5 Å². The molecular formula is C34H33N2O2+. The van der Waals surface area contributed by atoms with Crippen LogP contribution < -0.4 is 0 Å². The fourth-order valence-corrected chi connectivity index (χ4v) is 8.51. The summed E-state index contributed by atoms with van der Waals surface area (Å²) in [7, 11) is 1.64. The van der Waals surface area contributed by atoms with E-state index in [1.807, 2.05) is 6.34 Å². The Hall–Kier alpha value is -3.34. The zero-order valence-electron chi connectivity index (χ0n) is 22.6. The molecule has 0 radical (unpaired) electrons. The normalized spacial score (nSPS) is 32.3. The van der Waals surface area contributed by atoms with Crippen molar-refractivity contribution in [2.75, 3.05) is 7.11 Å². The second kappa shape index (κ2) is 6.99. The van der Waals surface area contributed by atoms with Crippen molar-refractivity contribution >= 4 is 33.6 Å². The van der Waals surface area contributed by atoms with Gasteiger partial charge in [0.15, 0.2) is 11.6 Å². The van der Waals surface area contributed by atoms with Gasteiger partial charge in [-0.1, -0.05) is 85.6 Å². The van der Waals surface area contributed by atoms with E-state index >= 15 is 0 Å². The van der Waals surface area contributed by atoms with E-state index in [4.69, 9.17) is 9.73 Å². The summed E-state index contributed by atoms with van der Waals surface area (Å²) >= 11 is 0. The predicted octanol–water partition coefficient (Wildman–Crippen LogP) is 6.25. The topological polar surface area (TPSA) is 44.8 Å². The SMILES string of the molecule is COC1(O)C2(C)c3cc(C(C)C)c4ccccc4c3C3=[N+](C=NC4c5ccc6ccccc6c5CC34)C12C. The molecule has 4 heteroatoms. The fraction of sp³-hybridized carbons (Fsp3) is 0.353. The van der Waals surface area contributed by atoms with Gasteiger partial charge >= 0.3 is 0 Å². The molecule has 1 fully saturated rings. The zero-order valence-corrected chi connectivity index (χ0v) is 22.6. The van der Waals surface area contributed by atoms with Crippen LogP contribution in [0.4, 0.5) is 0 Å². The lowest BCUT2D eigenvalue weighted by Crippen LogP contribution is -2.48. The molecule has 190 valence electrons. The van der Waals surface area contributed by atoms with Gasteiger partial charge in [0.05, 0.1) is 5.92 Å². The number of nitrogens with zero attached hydrogens (tertiary/aromatic N) is 2.